The van der Waals surface area contributed by atoms with Gasteiger partial charge in [-0.3, -0.25) is 0 Å². The fourth-order valence-corrected chi connectivity index (χ4v) is 4.79. The Kier molecular flexibility index (Phi) is 7.63. The minimum absolute atomic E-state index is 0.00628. The highest BCUT2D eigenvalue weighted by molar-refractivity contribution is 7.90. The number of nitrogens with zero attached hydrogens (tertiary/aromatic N) is 1. The predicted molar refractivity (Wildman–Crippen MR) is 119 cm³/mol. The normalized spacial score (nSPS) is 12.0. The molecule has 1 aromatic heterocycles. The lowest BCUT2D eigenvalue weighted by Gasteiger charge is -2.16. The van der Waals surface area contributed by atoms with Crippen molar-refractivity contribution in [3.05, 3.63) is 70.6 Å². The van der Waals surface area contributed by atoms with Crippen molar-refractivity contribution < 1.29 is 37.3 Å². The van der Waals surface area contributed by atoms with Crippen LogP contribution in [-0.2, 0) is 25.9 Å². The largest absolute Gasteiger partial charge is 0.514 e. The molecular weight excluding hydrogens is 472 g/mol. The number of rotatable bonds is 8. The maximum atomic E-state index is 12.1. The lowest BCUT2D eigenvalue weighted by Crippen LogP contribution is -2.15. The van der Waals surface area contributed by atoms with Crippen molar-refractivity contribution in [3.8, 4) is 5.75 Å². The van der Waals surface area contributed by atoms with Crippen molar-refractivity contribution >= 4 is 38.4 Å². The third-order valence-electron chi connectivity index (χ3n) is 4.18. The van der Waals surface area contributed by atoms with Crippen LogP contribution in [0.5, 0.6) is 5.75 Å². The Hall–Kier alpha value is -3.48. The van der Waals surface area contributed by atoms with Crippen molar-refractivity contribution in [1.29, 1.82) is 0 Å². The number of aliphatic hydroxyl groups is 1. The molecular formula is C21H20N2O8S2. The number of aromatic nitrogens is 1. The average molecular weight is 493 g/mol. The van der Waals surface area contributed by atoms with Gasteiger partial charge in [0, 0.05) is 11.8 Å². The van der Waals surface area contributed by atoms with E-state index in [-0.39, 0.29) is 27.9 Å². The van der Waals surface area contributed by atoms with E-state index in [1.165, 1.54) is 12.1 Å². The van der Waals surface area contributed by atoms with Gasteiger partial charge in [-0.25, -0.2) is 23.0 Å². The number of hydrogen-bond donors (Lipinski definition) is 2. The third kappa shape index (κ3) is 6.28. The van der Waals surface area contributed by atoms with Crippen LogP contribution in [0.2, 0.25) is 0 Å². The van der Waals surface area contributed by atoms with Crippen molar-refractivity contribution in [2.45, 2.75) is 17.9 Å². The number of ether oxygens (including phenoxy) is 3. The summed E-state index contributed by atoms with van der Waals surface area (Å²) in [6.45, 7) is 0.00628. The molecule has 0 bridgehead atoms. The summed E-state index contributed by atoms with van der Waals surface area (Å²) < 4.78 is 38.8. The fourth-order valence-electron chi connectivity index (χ4n) is 2.67. The highest BCUT2D eigenvalue weighted by atomic mass is 32.2. The minimum Gasteiger partial charge on any atom is -0.465 e. The summed E-state index contributed by atoms with van der Waals surface area (Å²) in [5.74, 6) is -0.857. The highest BCUT2D eigenvalue weighted by Crippen LogP contribution is 2.32. The lowest BCUT2D eigenvalue weighted by molar-refractivity contribution is 0.0601. The zero-order valence-corrected chi connectivity index (χ0v) is 19.2. The molecule has 174 valence electrons. The van der Waals surface area contributed by atoms with Gasteiger partial charge in [-0.15, -0.1) is 0 Å². The van der Waals surface area contributed by atoms with Crippen LogP contribution in [0.1, 0.15) is 27.0 Å². The molecule has 0 aliphatic heterocycles. The Bertz CT molecular complexity index is 1240. The van der Waals surface area contributed by atoms with E-state index in [1.807, 2.05) is 6.07 Å². The number of carbonyl (C=O) groups excluding carboxylic acids is 2. The van der Waals surface area contributed by atoms with E-state index in [4.69, 9.17) is 9.47 Å². The number of para-hydroxylation sites is 1. The molecule has 0 aliphatic carbocycles. The number of esters is 1. The van der Waals surface area contributed by atoms with Crippen molar-refractivity contribution in [3.63, 3.8) is 0 Å². The zero-order valence-electron chi connectivity index (χ0n) is 17.5. The van der Waals surface area contributed by atoms with Crippen LogP contribution >= 0.6 is 11.3 Å². The molecule has 1 unspecified atom stereocenters. The molecule has 0 spiro atoms. The van der Waals surface area contributed by atoms with Gasteiger partial charge in [-0.05, 0) is 11.6 Å². The molecule has 3 aromatic rings. The van der Waals surface area contributed by atoms with Gasteiger partial charge in [0.2, 0.25) is 0 Å². The number of sulfone groups is 1. The quantitative estimate of drug-likeness (QED) is 0.274. The molecule has 3 rings (SSSR count). The monoisotopic (exact) mass is 492 g/mol. The SMILES string of the molecule is COC(=O)c1sc(NC(O)c2ccccc2OC(=O)OCc2ccccc2)nc1S(C)(=O)=O. The molecule has 1 heterocycles. The summed E-state index contributed by atoms with van der Waals surface area (Å²) in [5, 5.41) is 12.7. The second-order valence-electron chi connectivity index (χ2n) is 6.63. The minimum atomic E-state index is -3.83. The molecule has 0 saturated heterocycles. The molecule has 0 radical (unpaired) electrons. The number of anilines is 1. The van der Waals surface area contributed by atoms with Crippen LogP contribution in [-0.4, -0.2) is 44.0 Å². The number of nitrogens with one attached hydrogen (secondary N) is 1. The Morgan fingerprint density at radius 3 is 2.45 bits per heavy atom. The second kappa shape index (κ2) is 10.4. The average Bonchev–Trinajstić information content (AvgIpc) is 3.22. The van der Waals surface area contributed by atoms with E-state index in [1.54, 1.807) is 36.4 Å². The van der Waals surface area contributed by atoms with Crippen LogP contribution in [0.3, 0.4) is 0 Å². The van der Waals surface area contributed by atoms with Gasteiger partial charge in [0.15, 0.2) is 31.1 Å². The molecule has 33 heavy (non-hydrogen) atoms. The Morgan fingerprint density at radius 1 is 1.12 bits per heavy atom. The Morgan fingerprint density at radius 2 is 1.79 bits per heavy atom. The van der Waals surface area contributed by atoms with Gasteiger partial charge in [0.1, 0.15) is 12.4 Å². The molecule has 12 heteroatoms. The molecule has 2 N–H and O–H groups in total. The zero-order chi connectivity index (χ0) is 24.0. The van der Waals surface area contributed by atoms with Crippen molar-refractivity contribution in [2.75, 3.05) is 18.7 Å². The van der Waals surface area contributed by atoms with Crippen molar-refractivity contribution in [1.82, 2.24) is 4.98 Å². The van der Waals surface area contributed by atoms with Crippen LogP contribution < -0.4 is 10.1 Å². The first-order valence-electron chi connectivity index (χ1n) is 9.40. The van der Waals surface area contributed by atoms with E-state index in [0.717, 1.165) is 18.9 Å². The fraction of sp³-hybridized carbons (Fsp3) is 0.190. The standard InChI is InChI=1S/C21H20N2O8S2/c1-29-19(25)16-18(33(2,27)28)23-20(32-16)22-17(24)14-10-6-7-11-15(14)31-21(26)30-12-13-8-4-3-5-9-13/h3-11,17,24H,12H2,1-2H3,(H,22,23). The Balaban J connectivity index is 1.75. The van der Waals surface area contributed by atoms with Gasteiger partial charge in [-0.1, -0.05) is 59.9 Å². The first-order chi connectivity index (χ1) is 15.7. The summed E-state index contributed by atoms with van der Waals surface area (Å²) in [4.78, 5) is 27.7. The van der Waals surface area contributed by atoms with E-state index in [2.05, 4.69) is 15.0 Å². The Labute approximate surface area is 193 Å². The van der Waals surface area contributed by atoms with Gasteiger partial charge in [-0.2, -0.15) is 0 Å². The summed E-state index contributed by atoms with van der Waals surface area (Å²) >= 11 is 0.699. The summed E-state index contributed by atoms with van der Waals surface area (Å²) in [5.41, 5.74) is 0.932. The molecule has 10 nitrogen and oxygen atoms in total. The smallest absolute Gasteiger partial charge is 0.465 e. The van der Waals surface area contributed by atoms with Crippen LogP contribution in [0.15, 0.2) is 59.6 Å². The topological polar surface area (TPSA) is 141 Å². The first-order valence-corrected chi connectivity index (χ1v) is 12.1. The van der Waals surface area contributed by atoms with Crippen LogP contribution in [0.25, 0.3) is 0 Å². The van der Waals surface area contributed by atoms with Crippen LogP contribution in [0, 0.1) is 0 Å². The number of hydrogen-bond acceptors (Lipinski definition) is 11. The number of benzene rings is 2. The van der Waals surface area contributed by atoms with E-state index >= 15 is 0 Å². The van der Waals surface area contributed by atoms with Gasteiger partial charge in [0.05, 0.1) is 7.11 Å². The van der Waals surface area contributed by atoms with Crippen molar-refractivity contribution in [2.24, 2.45) is 0 Å². The maximum absolute atomic E-state index is 12.1. The lowest BCUT2D eigenvalue weighted by atomic mass is 10.2. The molecule has 0 fully saturated rings. The predicted octanol–water partition coefficient (Wildman–Crippen LogP) is 3.15. The molecule has 2 aromatic carbocycles. The number of carbonyl (C=O) groups is 2. The van der Waals surface area contributed by atoms with E-state index < -0.39 is 33.2 Å². The maximum Gasteiger partial charge on any atom is 0.514 e. The summed E-state index contributed by atoms with van der Waals surface area (Å²) in [6, 6.07) is 15.2. The third-order valence-corrected chi connectivity index (χ3v) is 6.28. The molecule has 1 atom stereocenters. The second-order valence-corrected chi connectivity index (χ2v) is 9.56. The number of aliphatic hydroxyl groups excluding tert-OH is 1. The summed E-state index contributed by atoms with van der Waals surface area (Å²) in [7, 11) is -2.72. The molecule has 0 amide bonds. The number of thiazole rings is 1. The van der Waals surface area contributed by atoms with Gasteiger partial charge < -0.3 is 24.6 Å². The molecule has 0 saturated carbocycles. The first kappa shape index (κ1) is 24.2. The molecule has 0 aliphatic rings. The highest BCUT2D eigenvalue weighted by Gasteiger charge is 2.27. The van der Waals surface area contributed by atoms with Gasteiger partial charge >= 0.3 is 12.1 Å². The van der Waals surface area contributed by atoms with E-state index in [9.17, 15) is 23.1 Å². The summed E-state index contributed by atoms with van der Waals surface area (Å²) in [6.07, 6.45) is -1.52. The van der Waals surface area contributed by atoms with Crippen LogP contribution in [0.4, 0.5) is 9.93 Å². The van der Waals surface area contributed by atoms with E-state index in [0.29, 0.717) is 11.3 Å². The van der Waals surface area contributed by atoms with Gasteiger partial charge in [0.25, 0.3) is 0 Å². The number of methoxy groups -OCH3 is 1.